The maximum absolute atomic E-state index is 12.8. The average Bonchev–Trinajstić information content (AvgIpc) is 3.23. The van der Waals surface area contributed by atoms with E-state index >= 15 is 0 Å². The minimum absolute atomic E-state index is 0.323. The smallest absolute Gasteiger partial charge is 0.262 e. The SMILES string of the molecule is CC(C(=O)Nc1ccc2oc3ccccc3c2c1)N1C(=O)c2ccccc2C1=O. The van der Waals surface area contributed by atoms with Gasteiger partial charge < -0.3 is 9.73 Å². The summed E-state index contributed by atoms with van der Waals surface area (Å²) in [6.45, 7) is 1.54. The van der Waals surface area contributed by atoms with Crippen molar-refractivity contribution in [1.82, 2.24) is 4.90 Å². The molecule has 0 spiro atoms. The number of carbonyl (C=O) groups excluding carboxylic acids is 3. The summed E-state index contributed by atoms with van der Waals surface area (Å²) in [4.78, 5) is 39.0. The highest BCUT2D eigenvalue weighted by molar-refractivity contribution is 6.23. The van der Waals surface area contributed by atoms with Crippen molar-refractivity contribution < 1.29 is 18.8 Å². The van der Waals surface area contributed by atoms with Crippen molar-refractivity contribution in [2.45, 2.75) is 13.0 Å². The first-order valence-corrected chi connectivity index (χ1v) is 9.23. The molecule has 0 saturated heterocycles. The standard InChI is InChI=1S/C23H16N2O4/c1-13(25-22(27)16-7-2-3-8-17(16)23(25)28)21(26)24-14-10-11-20-18(12-14)15-6-4-5-9-19(15)29-20/h2-13H,1H3,(H,24,26). The Kier molecular flexibility index (Phi) is 3.74. The lowest BCUT2D eigenvalue weighted by molar-refractivity contribution is -0.119. The second kappa shape index (κ2) is 6.31. The molecule has 4 aromatic rings. The number of nitrogens with zero attached hydrogens (tertiary/aromatic N) is 1. The summed E-state index contributed by atoms with van der Waals surface area (Å²) in [6.07, 6.45) is 0. The molecule has 1 aromatic heterocycles. The molecule has 1 aliphatic rings. The molecule has 1 unspecified atom stereocenters. The monoisotopic (exact) mass is 384 g/mol. The van der Waals surface area contributed by atoms with E-state index in [4.69, 9.17) is 4.42 Å². The lowest BCUT2D eigenvalue weighted by atomic mass is 10.1. The summed E-state index contributed by atoms with van der Waals surface area (Å²) < 4.78 is 5.79. The summed E-state index contributed by atoms with van der Waals surface area (Å²) in [5.41, 5.74) is 2.70. The van der Waals surface area contributed by atoms with E-state index in [0.717, 1.165) is 26.8 Å². The van der Waals surface area contributed by atoms with E-state index in [1.54, 1.807) is 43.3 Å². The summed E-state index contributed by atoms with van der Waals surface area (Å²) in [6, 6.07) is 18.7. The number of benzene rings is 3. The maximum atomic E-state index is 12.8. The van der Waals surface area contributed by atoms with Gasteiger partial charge in [-0.2, -0.15) is 0 Å². The van der Waals surface area contributed by atoms with Gasteiger partial charge in [0.05, 0.1) is 11.1 Å². The Morgan fingerprint density at radius 2 is 1.48 bits per heavy atom. The van der Waals surface area contributed by atoms with Crippen LogP contribution in [0.3, 0.4) is 0 Å². The average molecular weight is 384 g/mol. The molecule has 0 saturated carbocycles. The van der Waals surface area contributed by atoms with Crippen molar-refractivity contribution in [3.63, 3.8) is 0 Å². The fourth-order valence-corrected chi connectivity index (χ4v) is 3.73. The van der Waals surface area contributed by atoms with Gasteiger partial charge in [0.15, 0.2) is 0 Å². The Hall–Kier alpha value is -3.93. The van der Waals surface area contributed by atoms with Gasteiger partial charge in [0.1, 0.15) is 17.2 Å². The summed E-state index contributed by atoms with van der Waals surface area (Å²) >= 11 is 0. The Balaban J connectivity index is 1.42. The van der Waals surface area contributed by atoms with Crippen LogP contribution in [0.15, 0.2) is 71.1 Å². The molecule has 5 rings (SSSR count). The van der Waals surface area contributed by atoms with Gasteiger partial charge >= 0.3 is 0 Å². The van der Waals surface area contributed by atoms with E-state index in [2.05, 4.69) is 5.32 Å². The van der Waals surface area contributed by atoms with Crippen molar-refractivity contribution >= 4 is 45.3 Å². The van der Waals surface area contributed by atoms with Crippen LogP contribution in [0.4, 0.5) is 5.69 Å². The van der Waals surface area contributed by atoms with Crippen LogP contribution in [0, 0.1) is 0 Å². The van der Waals surface area contributed by atoms with Gasteiger partial charge in [0.25, 0.3) is 11.8 Å². The number of hydrogen-bond acceptors (Lipinski definition) is 4. The third-order valence-corrected chi connectivity index (χ3v) is 5.24. The highest BCUT2D eigenvalue weighted by Gasteiger charge is 2.40. The Bertz CT molecular complexity index is 1290. The summed E-state index contributed by atoms with van der Waals surface area (Å²) in [7, 11) is 0. The van der Waals surface area contributed by atoms with E-state index in [0.29, 0.717) is 16.8 Å². The molecule has 29 heavy (non-hydrogen) atoms. The van der Waals surface area contributed by atoms with Crippen LogP contribution in [0.25, 0.3) is 21.9 Å². The fourth-order valence-electron chi connectivity index (χ4n) is 3.73. The first-order valence-electron chi connectivity index (χ1n) is 9.23. The Labute approximate surface area is 165 Å². The number of anilines is 1. The topological polar surface area (TPSA) is 79.6 Å². The van der Waals surface area contributed by atoms with E-state index in [1.807, 2.05) is 30.3 Å². The van der Waals surface area contributed by atoms with Gasteiger partial charge in [-0.3, -0.25) is 19.3 Å². The zero-order valence-corrected chi connectivity index (χ0v) is 15.5. The molecule has 1 N–H and O–H groups in total. The van der Waals surface area contributed by atoms with Gasteiger partial charge in [-0.1, -0.05) is 30.3 Å². The lowest BCUT2D eigenvalue weighted by Crippen LogP contribution is -2.45. The first-order chi connectivity index (χ1) is 14.0. The number of para-hydroxylation sites is 1. The molecule has 0 fully saturated rings. The maximum Gasteiger partial charge on any atom is 0.262 e. The molecular formula is C23H16N2O4. The highest BCUT2D eigenvalue weighted by atomic mass is 16.3. The van der Waals surface area contributed by atoms with Crippen LogP contribution in [-0.4, -0.2) is 28.7 Å². The van der Waals surface area contributed by atoms with E-state index in [9.17, 15) is 14.4 Å². The molecule has 6 heteroatoms. The van der Waals surface area contributed by atoms with Crippen LogP contribution in [-0.2, 0) is 4.79 Å². The molecule has 0 aliphatic carbocycles. The number of furan rings is 1. The third-order valence-electron chi connectivity index (χ3n) is 5.24. The van der Waals surface area contributed by atoms with Gasteiger partial charge in [0.2, 0.25) is 5.91 Å². The van der Waals surface area contributed by atoms with Gasteiger partial charge in [-0.15, -0.1) is 0 Å². The second-order valence-electron chi connectivity index (χ2n) is 7.00. The fraction of sp³-hybridized carbons (Fsp3) is 0.0870. The molecule has 1 atom stereocenters. The minimum atomic E-state index is -0.945. The first kappa shape index (κ1) is 17.2. The van der Waals surface area contributed by atoms with E-state index in [1.165, 1.54) is 0 Å². The highest BCUT2D eigenvalue weighted by Crippen LogP contribution is 2.31. The van der Waals surface area contributed by atoms with Crippen molar-refractivity contribution in [2.24, 2.45) is 0 Å². The molecule has 0 radical (unpaired) electrons. The molecule has 6 nitrogen and oxygen atoms in total. The molecular weight excluding hydrogens is 368 g/mol. The number of nitrogens with one attached hydrogen (secondary N) is 1. The predicted molar refractivity (Wildman–Crippen MR) is 109 cm³/mol. The zero-order chi connectivity index (χ0) is 20.1. The third kappa shape index (κ3) is 2.61. The number of amides is 3. The van der Waals surface area contributed by atoms with Crippen LogP contribution >= 0.6 is 0 Å². The van der Waals surface area contributed by atoms with Crippen LogP contribution in [0.1, 0.15) is 27.6 Å². The molecule has 0 bridgehead atoms. The summed E-state index contributed by atoms with van der Waals surface area (Å²) in [5, 5.41) is 4.64. The summed E-state index contributed by atoms with van der Waals surface area (Å²) in [5.74, 6) is -1.35. The predicted octanol–water partition coefficient (Wildman–Crippen LogP) is 4.21. The van der Waals surface area contributed by atoms with Gasteiger partial charge in [-0.05, 0) is 43.3 Å². The molecule has 142 valence electrons. The van der Waals surface area contributed by atoms with Crippen molar-refractivity contribution in [3.05, 3.63) is 77.9 Å². The zero-order valence-electron chi connectivity index (χ0n) is 15.5. The van der Waals surface area contributed by atoms with Crippen molar-refractivity contribution in [2.75, 3.05) is 5.32 Å². The number of rotatable bonds is 3. The Morgan fingerprint density at radius 1 is 0.862 bits per heavy atom. The molecule has 1 aliphatic heterocycles. The number of carbonyl (C=O) groups is 3. The quantitative estimate of drug-likeness (QED) is 0.537. The molecule has 3 amide bonds. The number of fused-ring (bicyclic) bond motifs is 4. The van der Waals surface area contributed by atoms with Crippen LogP contribution in [0.5, 0.6) is 0 Å². The van der Waals surface area contributed by atoms with Crippen molar-refractivity contribution in [3.8, 4) is 0 Å². The van der Waals surface area contributed by atoms with E-state index in [-0.39, 0.29) is 0 Å². The number of imide groups is 1. The van der Waals surface area contributed by atoms with E-state index < -0.39 is 23.8 Å². The molecule has 3 aromatic carbocycles. The molecule has 2 heterocycles. The van der Waals surface area contributed by atoms with Gasteiger partial charge in [0, 0.05) is 16.5 Å². The van der Waals surface area contributed by atoms with Crippen LogP contribution < -0.4 is 5.32 Å². The minimum Gasteiger partial charge on any atom is -0.456 e. The van der Waals surface area contributed by atoms with Crippen molar-refractivity contribution in [1.29, 1.82) is 0 Å². The van der Waals surface area contributed by atoms with Crippen LogP contribution in [0.2, 0.25) is 0 Å². The second-order valence-corrected chi connectivity index (χ2v) is 7.00. The largest absolute Gasteiger partial charge is 0.456 e. The Morgan fingerprint density at radius 3 is 2.21 bits per heavy atom. The van der Waals surface area contributed by atoms with Gasteiger partial charge in [-0.25, -0.2) is 0 Å². The lowest BCUT2D eigenvalue weighted by Gasteiger charge is -2.21. The number of hydrogen-bond donors (Lipinski definition) is 1. The normalized spacial score (nSPS) is 14.4.